The molecule has 0 aromatic carbocycles. The third kappa shape index (κ3) is 8.83. The van der Waals surface area contributed by atoms with Crippen molar-refractivity contribution in [3.8, 4) is 11.8 Å². The van der Waals surface area contributed by atoms with Gasteiger partial charge in [0.15, 0.2) is 0 Å². The third-order valence-electron chi connectivity index (χ3n) is 0.199. The standard InChI is InChI=1S/C4H4I.V/c1-2-3-4-5;/h4H,1H3;/q-1;. The molecule has 2 heteroatoms. The Labute approximate surface area is 64.1 Å². The van der Waals surface area contributed by atoms with Gasteiger partial charge in [-0.25, -0.2) is 0 Å². The first-order chi connectivity index (χ1) is 2.41. The second-order valence-corrected chi connectivity index (χ2v) is 1.13. The van der Waals surface area contributed by atoms with E-state index in [0.29, 0.717) is 0 Å². The Morgan fingerprint density at radius 3 is 2.17 bits per heavy atom. The van der Waals surface area contributed by atoms with E-state index in [1.54, 1.807) is 4.43 Å². The average Bonchev–Trinajstić information content (AvgIpc) is 1.41. The molecular weight excluding hydrogens is 226 g/mol. The second kappa shape index (κ2) is 9.22. The first kappa shape index (κ1) is 9.89. The molecule has 0 saturated heterocycles. The molecule has 6 heavy (non-hydrogen) atoms. The zero-order chi connectivity index (χ0) is 4.12. The molecule has 0 aromatic heterocycles. The van der Waals surface area contributed by atoms with Crippen molar-refractivity contribution in [1.82, 2.24) is 0 Å². The van der Waals surface area contributed by atoms with Gasteiger partial charge in [-0.1, -0.05) is 6.92 Å². The van der Waals surface area contributed by atoms with Crippen LogP contribution in [0, 0.1) is 16.3 Å². The molecule has 0 fully saturated rings. The SMILES string of the molecule is CC#C[CH-]I.[V]. The molecule has 0 atom stereocenters. The predicted octanol–water partition coefficient (Wildman–Crippen LogP) is 1.60. The van der Waals surface area contributed by atoms with Crippen LogP contribution in [0.15, 0.2) is 0 Å². The van der Waals surface area contributed by atoms with E-state index in [1.165, 1.54) is 0 Å². The Bertz CT molecular complexity index is 59.7. The number of rotatable bonds is 0. The number of hydrogen-bond acceptors (Lipinski definition) is 0. The van der Waals surface area contributed by atoms with E-state index in [0.717, 1.165) is 0 Å². The Balaban J connectivity index is 0. The van der Waals surface area contributed by atoms with E-state index in [-0.39, 0.29) is 18.6 Å². The molecule has 0 aromatic rings. The van der Waals surface area contributed by atoms with Crippen LogP contribution in [-0.4, -0.2) is 0 Å². The van der Waals surface area contributed by atoms with Crippen molar-refractivity contribution in [2.24, 2.45) is 0 Å². The third-order valence-corrected chi connectivity index (χ3v) is 0.510. The zero-order valence-electron chi connectivity index (χ0n) is 3.40. The molecule has 0 unspecified atom stereocenters. The summed E-state index contributed by atoms with van der Waals surface area (Å²) in [6.07, 6.45) is 0. The van der Waals surface area contributed by atoms with Gasteiger partial charge in [-0.2, -0.15) is 22.6 Å². The van der Waals surface area contributed by atoms with Crippen molar-refractivity contribution >= 4 is 22.6 Å². The Morgan fingerprint density at radius 1 is 1.67 bits per heavy atom. The molecule has 0 bridgehead atoms. The molecular formula is C4H4IV-. The number of halogens is 1. The van der Waals surface area contributed by atoms with Crippen LogP contribution < -0.4 is 0 Å². The Hall–Kier alpha value is 0.744. The summed E-state index contributed by atoms with van der Waals surface area (Å²) in [6.45, 7) is 1.81. The maximum atomic E-state index is 2.72. The summed E-state index contributed by atoms with van der Waals surface area (Å²) in [6, 6.07) is 0. The molecule has 0 nitrogen and oxygen atoms in total. The van der Waals surface area contributed by atoms with Gasteiger partial charge in [-0.3, -0.25) is 5.92 Å². The van der Waals surface area contributed by atoms with Crippen LogP contribution in [0.5, 0.6) is 0 Å². The van der Waals surface area contributed by atoms with Crippen LogP contribution in [0.3, 0.4) is 0 Å². The topological polar surface area (TPSA) is 0 Å². The summed E-state index contributed by atoms with van der Waals surface area (Å²) in [5, 5.41) is 0. The zero-order valence-corrected chi connectivity index (χ0v) is 6.96. The van der Waals surface area contributed by atoms with Crippen LogP contribution in [-0.2, 0) is 18.6 Å². The van der Waals surface area contributed by atoms with Crippen LogP contribution in [0.2, 0.25) is 0 Å². The van der Waals surface area contributed by atoms with Crippen LogP contribution in [0.25, 0.3) is 0 Å². The summed E-state index contributed by atoms with van der Waals surface area (Å²) in [7, 11) is 0. The molecule has 0 aliphatic carbocycles. The van der Waals surface area contributed by atoms with E-state index >= 15 is 0 Å². The van der Waals surface area contributed by atoms with Crippen LogP contribution in [0.1, 0.15) is 6.92 Å². The minimum atomic E-state index is 0. The molecule has 0 rings (SSSR count). The normalized spacial score (nSPS) is 3.67. The number of hydrogen-bond donors (Lipinski definition) is 0. The van der Waals surface area contributed by atoms with E-state index in [4.69, 9.17) is 0 Å². The van der Waals surface area contributed by atoms with Crippen molar-refractivity contribution in [2.45, 2.75) is 6.92 Å². The summed E-state index contributed by atoms with van der Waals surface area (Å²) < 4.78 is 1.79. The molecule has 0 aliphatic rings. The molecule has 0 spiro atoms. The van der Waals surface area contributed by atoms with Crippen LogP contribution in [0.4, 0.5) is 0 Å². The average molecular weight is 230 g/mol. The fourth-order valence-electron chi connectivity index (χ4n) is 0.0546. The fraction of sp³-hybridized carbons (Fsp3) is 0.250. The summed E-state index contributed by atoms with van der Waals surface area (Å²) in [5.41, 5.74) is 0. The van der Waals surface area contributed by atoms with Crippen molar-refractivity contribution in [1.29, 1.82) is 0 Å². The predicted molar refractivity (Wildman–Crippen MR) is 31.8 cm³/mol. The van der Waals surface area contributed by atoms with Crippen molar-refractivity contribution < 1.29 is 18.6 Å². The van der Waals surface area contributed by atoms with Gasteiger partial charge in [0.2, 0.25) is 0 Å². The largest absolute Gasteiger partial charge is 0.330 e. The van der Waals surface area contributed by atoms with Gasteiger partial charge in [-0.15, -0.1) is 4.43 Å². The minimum absolute atomic E-state index is 0. The second-order valence-electron chi connectivity index (χ2n) is 0.503. The summed E-state index contributed by atoms with van der Waals surface area (Å²) >= 11 is 2.09. The molecule has 0 N–H and O–H groups in total. The van der Waals surface area contributed by atoms with Gasteiger partial charge >= 0.3 is 0 Å². The van der Waals surface area contributed by atoms with E-state index in [2.05, 4.69) is 34.4 Å². The van der Waals surface area contributed by atoms with Gasteiger partial charge in [0, 0.05) is 18.6 Å². The first-order valence-electron chi connectivity index (χ1n) is 1.26. The van der Waals surface area contributed by atoms with E-state index < -0.39 is 0 Å². The van der Waals surface area contributed by atoms with Crippen molar-refractivity contribution in [2.75, 3.05) is 0 Å². The molecule has 0 heterocycles. The Kier molecular flexibility index (Phi) is 15.2. The van der Waals surface area contributed by atoms with E-state index in [9.17, 15) is 0 Å². The first-order valence-corrected chi connectivity index (χ1v) is 2.50. The molecule has 1 radical (unpaired) electrons. The van der Waals surface area contributed by atoms with Gasteiger partial charge in [0.25, 0.3) is 0 Å². The van der Waals surface area contributed by atoms with Gasteiger partial charge in [0.1, 0.15) is 0 Å². The van der Waals surface area contributed by atoms with Gasteiger partial charge in [0.05, 0.1) is 0 Å². The summed E-state index contributed by atoms with van der Waals surface area (Å²) in [5.74, 6) is 5.43. The molecule has 33 valence electrons. The maximum Gasteiger partial charge on any atom is 0 e. The molecule has 0 amide bonds. The monoisotopic (exact) mass is 230 g/mol. The van der Waals surface area contributed by atoms with Gasteiger partial charge < -0.3 is 5.92 Å². The quantitative estimate of drug-likeness (QED) is 0.337. The smallest absolute Gasteiger partial charge is 0 e. The Morgan fingerprint density at radius 2 is 2.17 bits per heavy atom. The fourth-order valence-corrected chi connectivity index (χ4v) is 0.366. The van der Waals surface area contributed by atoms with Gasteiger partial charge in [-0.05, 0) is 0 Å². The molecule has 0 aliphatic heterocycles. The minimum Gasteiger partial charge on any atom is -0.330 e. The van der Waals surface area contributed by atoms with Crippen molar-refractivity contribution in [3.05, 3.63) is 4.43 Å². The maximum absolute atomic E-state index is 2.72. The van der Waals surface area contributed by atoms with Crippen LogP contribution >= 0.6 is 22.6 Å². The van der Waals surface area contributed by atoms with Crippen molar-refractivity contribution in [3.63, 3.8) is 0 Å². The molecule has 0 saturated carbocycles. The van der Waals surface area contributed by atoms with E-state index in [1.807, 2.05) is 6.92 Å². The summed E-state index contributed by atoms with van der Waals surface area (Å²) in [4.78, 5) is 0.